The van der Waals surface area contributed by atoms with Crippen LogP contribution in [0.2, 0.25) is 0 Å². The van der Waals surface area contributed by atoms with Crippen molar-refractivity contribution in [2.24, 2.45) is 11.8 Å². The van der Waals surface area contributed by atoms with Crippen molar-refractivity contribution in [3.8, 4) is 0 Å². The van der Waals surface area contributed by atoms with E-state index in [0.717, 1.165) is 19.1 Å². The fraction of sp³-hybridized carbons (Fsp3) is 0.625. The zero-order valence-electron chi connectivity index (χ0n) is 5.76. The number of rotatable bonds is 1. The molecule has 0 aromatic rings. The maximum Gasteiger partial charge on any atom is 0.123 e. The first-order valence-electron chi connectivity index (χ1n) is 3.36. The molecule has 1 nitrogen and oxygen atoms in total. The van der Waals surface area contributed by atoms with Crippen LogP contribution in [-0.4, -0.2) is 6.29 Å². The van der Waals surface area contributed by atoms with E-state index in [1.807, 2.05) is 0 Å². The molecule has 0 radical (unpaired) electrons. The minimum Gasteiger partial charge on any atom is -0.303 e. The van der Waals surface area contributed by atoms with Crippen molar-refractivity contribution in [1.29, 1.82) is 0 Å². The minimum atomic E-state index is 0.262. The van der Waals surface area contributed by atoms with Gasteiger partial charge in [0.2, 0.25) is 0 Å². The lowest BCUT2D eigenvalue weighted by Gasteiger charge is -2.03. The number of allylic oxidation sites excluding steroid dienone is 1. The van der Waals surface area contributed by atoms with Gasteiger partial charge in [0.1, 0.15) is 6.29 Å². The van der Waals surface area contributed by atoms with Gasteiger partial charge < -0.3 is 4.79 Å². The van der Waals surface area contributed by atoms with E-state index in [9.17, 15) is 4.79 Å². The monoisotopic (exact) mass is 124 g/mol. The summed E-state index contributed by atoms with van der Waals surface area (Å²) >= 11 is 0. The molecule has 1 aliphatic rings. The Morgan fingerprint density at radius 2 is 2.33 bits per heavy atom. The quantitative estimate of drug-likeness (QED) is 0.384. The molecule has 0 saturated heterocycles. The Balaban J connectivity index is 2.57. The number of hydrogen-bond donors (Lipinski definition) is 0. The van der Waals surface area contributed by atoms with Crippen LogP contribution in [0.15, 0.2) is 12.2 Å². The fourth-order valence-corrected chi connectivity index (χ4v) is 1.41. The van der Waals surface area contributed by atoms with Gasteiger partial charge in [-0.15, -0.1) is 0 Å². The SMILES string of the molecule is C=C1C[C@@H](C)[C@H](C=O)C1. The molecule has 50 valence electrons. The third-order valence-corrected chi connectivity index (χ3v) is 2.04. The molecule has 0 N–H and O–H groups in total. The van der Waals surface area contributed by atoms with Gasteiger partial charge >= 0.3 is 0 Å². The largest absolute Gasteiger partial charge is 0.303 e. The third kappa shape index (κ3) is 1.21. The molecule has 0 spiro atoms. The van der Waals surface area contributed by atoms with Crippen LogP contribution in [-0.2, 0) is 4.79 Å². The van der Waals surface area contributed by atoms with E-state index >= 15 is 0 Å². The summed E-state index contributed by atoms with van der Waals surface area (Å²) in [5, 5.41) is 0. The Labute approximate surface area is 55.8 Å². The average Bonchev–Trinajstić information content (AvgIpc) is 2.10. The number of hydrogen-bond acceptors (Lipinski definition) is 1. The van der Waals surface area contributed by atoms with Crippen molar-refractivity contribution in [2.45, 2.75) is 19.8 Å². The van der Waals surface area contributed by atoms with Crippen molar-refractivity contribution >= 4 is 6.29 Å². The second-order valence-corrected chi connectivity index (χ2v) is 2.94. The molecular weight excluding hydrogens is 112 g/mol. The molecule has 2 atom stereocenters. The van der Waals surface area contributed by atoms with E-state index in [0.29, 0.717) is 5.92 Å². The van der Waals surface area contributed by atoms with Gasteiger partial charge in [-0.1, -0.05) is 19.1 Å². The van der Waals surface area contributed by atoms with Gasteiger partial charge in [0.05, 0.1) is 0 Å². The van der Waals surface area contributed by atoms with Gasteiger partial charge in [-0.2, -0.15) is 0 Å². The molecule has 1 aliphatic carbocycles. The average molecular weight is 124 g/mol. The first-order chi connectivity index (χ1) is 4.24. The summed E-state index contributed by atoms with van der Waals surface area (Å²) in [6.45, 7) is 5.95. The highest BCUT2D eigenvalue weighted by atomic mass is 16.1. The summed E-state index contributed by atoms with van der Waals surface area (Å²) in [5.41, 5.74) is 1.24. The van der Waals surface area contributed by atoms with Crippen LogP contribution < -0.4 is 0 Å². The maximum absolute atomic E-state index is 10.3. The van der Waals surface area contributed by atoms with E-state index in [2.05, 4.69) is 13.5 Å². The fourth-order valence-electron chi connectivity index (χ4n) is 1.41. The standard InChI is InChI=1S/C8H12O/c1-6-3-7(2)8(4-6)5-9/h5,7-8H,1,3-4H2,2H3/t7-,8+/m1/s1. The van der Waals surface area contributed by atoms with Crippen molar-refractivity contribution in [3.05, 3.63) is 12.2 Å². The zero-order valence-corrected chi connectivity index (χ0v) is 5.76. The van der Waals surface area contributed by atoms with Crippen molar-refractivity contribution in [3.63, 3.8) is 0 Å². The highest BCUT2D eigenvalue weighted by molar-refractivity contribution is 5.56. The molecule has 1 fully saturated rings. The molecule has 0 aliphatic heterocycles. The summed E-state index contributed by atoms with van der Waals surface area (Å²) in [5.74, 6) is 0.799. The van der Waals surface area contributed by atoms with Crippen LogP contribution in [0.25, 0.3) is 0 Å². The van der Waals surface area contributed by atoms with Gasteiger partial charge in [0, 0.05) is 5.92 Å². The van der Waals surface area contributed by atoms with Crippen LogP contribution in [0.5, 0.6) is 0 Å². The molecule has 0 bridgehead atoms. The Bertz CT molecular complexity index is 138. The van der Waals surface area contributed by atoms with Crippen molar-refractivity contribution in [1.82, 2.24) is 0 Å². The van der Waals surface area contributed by atoms with Crippen LogP contribution in [0, 0.1) is 11.8 Å². The second kappa shape index (κ2) is 2.34. The normalized spacial score (nSPS) is 35.0. The van der Waals surface area contributed by atoms with Crippen LogP contribution in [0.4, 0.5) is 0 Å². The van der Waals surface area contributed by atoms with Gasteiger partial charge in [0.25, 0.3) is 0 Å². The van der Waals surface area contributed by atoms with E-state index < -0.39 is 0 Å². The first-order valence-corrected chi connectivity index (χ1v) is 3.36. The summed E-state index contributed by atoms with van der Waals surface area (Å²) in [6, 6.07) is 0. The zero-order chi connectivity index (χ0) is 6.85. The lowest BCUT2D eigenvalue weighted by atomic mass is 10.0. The van der Waals surface area contributed by atoms with Crippen molar-refractivity contribution < 1.29 is 4.79 Å². The van der Waals surface area contributed by atoms with Gasteiger partial charge in [0.15, 0.2) is 0 Å². The topological polar surface area (TPSA) is 17.1 Å². The molecule has 1 saturated carbocycles. The maximum atomic E-state index is 10.3. The van der Waals surface area contributed by atoms with E-state index in [4.69, 9.17) is 0 Å². The highest BCUT2D eigenvalue weighted by Crippen LogP contribution is 2.32. The second-order valence-electron chi connectivity index (χ2n) is 2.94. The molecular formula is C8H12O. The summed E-state index contributed by atoms with van der Waals surface area (Å²) in [7, 11) is 0. The van der Waals surface area contributed by atoms with Gasteiger partial charge in [-0.25, -0.2) is 0 Å². The van der Waals surface area contributed by atoms with Gasteiger partial charge in [-0.05, 0) is 18.8 Å². The van der Waals surface area contributed by atoms with Crippen LogP contribution >= 0.6 is 0 Å². The lowest BCUT2D eigenvalue weighted by Crippen LogP contribution is -2.03. The Morgan fingerprint density at radius 3 is 2.56 bits per heavy atom. The summed E-state index contributed by atoms with van der Waals surface area (Å²) in [6.07, 6.45) is 3.02. The summed E-state index contributed by atoms with van der Waals surface area (Å²) in [4.78, 5) is 10.3. The molecule has 0 amide bonds. The predicted molar refractivity (Wildman–Crippen MR) is 37.1 cm³/mol. The predicted octanol–water partition coefficient (Wildman–Crippen LogP) is 1.79. The minimum absolute atomic E-state index is 0.262. The molecule has 0 unspecified atom stereocenters. The van der Waals surface area contributed by atoms with E-state index in [-0.39, 0.29) is 5.92 Å². The third-order valence-electron chi connectivity index (χ3n) is 2.04. The lowest BCUT2D eigenvalue weighted by molar-refractivity contribution is -0.111. The van der Waals surface area contributed by atoms with E-state index in [1.165, 1.54) is 5.57 Å². The molecule has 1 heteroatoms. The first kappa shape index (κ1) is 6.53. The van der Waals surface area contributed by atoms with Crippen LogP contribution in [0.3, 0.4) is 0 Å². The highest BCUT2D eigenvalue weighted by Gasteiger charge is 2.24. The van der Waals surface area contributed by atoms with Gasteiger partial charge in [-0.3, -0.25) is 0 Å². The number of carbonyl (C=O) groups is 1. The molecule has 0 heterocycles. The van der Waals surface area contributed by atoms with Crippen molar-refractivity contribution in [2.75, 3.05) is 0 Å². The smallest absolute Gasteiger partial charge is 0.123 e. The van der Waals surface area contributed by atoms with E-state index in [1.54, 1.807) is 0 Å². The Kier molecular flexibility index (Phi) is 1.70. The molecule has 1 rings (SSSR count). The molecule has 9 heavy (non-hydrogen) atoms. The Hall–Kier alpha value is -0.590. The Morgan fingerprint density at radius 1 is 1.67 bits per heavy atom. The molecule has 0 aromatic heterocycles. The van der Waals surface area contributed by atoms with Crippen LogP contribution in [0.1, 0.15) is 19.8 Å². The number of carbonyl (C=O) groups excluding carboxylic acids is 1. The summed E-state index contributed by atoms with van der Waals surface area (Å²) < 4.78 is 0. The number of aldehydes is 1. The molecule has 0 aromatic carbocycles.